The second-order valence-electron chi connectivity index (χ2n) is 4.61. The largest absolute Gasteiger partial charge is 0.355 e. The summed E-state index contributed by atoms with van der Waals surface area (Å²) in [6.07, 6.45) is 3.79. The van der Waals surface area contributed by atoms with Crippen LogP contribution < -0.4 is 5.32 Å². The lowest BCUT2D eigenvalue weighted by Gasteiger charge is -2.12. The summed E-state index contributed by atoms with van der Waals surface area (Å²) >= 11 is 0. The Balaban J connectivity index is 2.29. The maximum absolute atomic E-state index is 3.78. The van der Waals surface area contributed by atoms with Gasteiger partial charge in [0.2, 0.25) is 0 Å². The standard InChI is InChI=1S/C18H19N/c1-4-8-18(16-9-6-5-7-10-16)19-17-12-11-14(2)15(3)13-17/h4-13,19H,1H2,2-3H3/b18-8-. The number of hydrogen-bond acceptors (Lipinski definition) is 1. The molecular weight excluding hydrogens is 230 g/mol. The van der Waals surface area contributed by atoms with Crippen LogP contribution in [0.5, 0.6) is 0 Å². The molecule has 0 saturated carbocycles. The van der Waals surface area contributed by atoms with Crippen molar-refractivity contribution in [1.29, 1.82) is 0 Å². The van der Waals surface area contributed by atoms with Gasteiger partial charge in [-0.2, -0.15) is 0 Å². The van der Waals surface area contributed by atoms with Gasteiger partial charge in [-0.1, -0.05) is 49.1 Å². The Bertz CT molecular complexity index is 594. The van der Waals surface area contributed by atoms with Gasteiger partial charge in [0.25, 0.3) is 0 Å². The highest BCUT2D eigenvalue weighted by atomic mass is 14.9. The summed E-state index contributed by atoms with van der Waals surface area (Å²) in [4.78, 5) is 0. The van der Waals surface area contributed by atoms with Crippen LogP contribution >= 0.6 is 0 Å². The third-order valence-corrected chi connectivity index (χ3v) is 3.16. The fourth-order valence-electron chi connectivity index (χ4n) is 1.92. The molecule has 0 atom stereocenters. The van der Waals surface area contributed by atoms with Crippen molar-refractivity contribution in [1.82, 2.24) is 0 Å². The molecule has 0 saturated heterocycles. The zero-order chi connectivity index (χ0) is 13.7. The quantitative estimate of drug-likeness (QED) is 0.756. The van der Waals surface area contributed by atoms with E-state index in [4.69, 9.17) is 0 Å². The van der Waals surface area contributed by atoms with Crippen molar-refractivity contribution in [2.45, 2.75) is 13.8 Å². The van der Waals surface area contributed by atoms with Crippen LogP contribution in [0.1, 0.15) is 16.7 Å². The first kappa shape index (κ1) is 13.2. The van der Waals surface area contributed by atoms with Crippen molar-refractivity contribution in [2.24, 2.45) is 0 Å². The minimum Gasteiger partial charge on any atom is -0.355 e. The molecule has 0 unspecified atom stereocenters. The van der Waals surface area contributed by atoms with Crippen molar-refractivity contribution in [3.63, 3.8) is 0 Å². The van der Waals surface area contributed by atoms with E-state index in [1.807, 2.05) is 24.3 Å². The van der Waals surface area contributed by atoms with Crippen LogP contribution in [0, 0.1) is 13.8 Å². The number of anilines is 1. The Morgan fingerprint density at radius 2 is 1.74 bits per heavy atom. The molecule has 0 aliphatic heterocycles. The summed E-state index contributed by atoms with van der Waals surface area (Å²) in [5.41, 5.74) is 5.90. The highest BCUT2D eigenvalue weighted by molar-refractivity contribution is 5.77. The van der Waals surface area contributed by atoms with Gasteiger partial charge in [0.15, 0.2) is 0 Å². The third-order valence-electron chi connectivity index (χ3n) is 3.16. The summed E-state index contributed by atoms with van der Waals surface area (Å²) in [6.45, 7) is 8.03. The molecule has 1 N–H and O–H groups in total. The van der Waals surface area contributed by atoms with E-state index in [0.29, 0.717) is 0 Å². The lowest BCUT2D eigenvalue weighted by molar-refractivity contribution is 1.34. The maximum Gasteiger partial charge on any atom is 0.0457 e. The van der Waals surface area contributed by atoms with E-state index in [1.54, 1.807) is 6.08 Å². The lowest BCUT2D eigenvalue weighted by atomic mass is 10.1. The molecule has 0 bridgehead atoms. The molecule has 1 nitrogen and oxygen atoms in total. The number of benzene rings is 2. The topological polar surface area (TPSA) is 12.0 Å². The second-order valence-corrected chi connectivity index (χ2v) is 4.61. The number of allylic oxidation sites excluding steroid dienone is 2. The molecule has 2 rings (SSSR count). The number of hydrogen-bond donors (Lipinski definition) is 1. The Morgan fingerprint density at radius 3 is 2.37 bits per heavy atom. The fourth-order valence-corrected chi connectivity index (χ4v) is 1.92. The van der Waals surface area contributed by atoms with Crippen LogP contribution in [0.2, 0.25) is 0 Å². The third kappa shape index (κ3) is 3.35. The summed E-state index contributed by atoms with van der Waals surface area (Å²) in [6, 6.07) is 16.7. The molecular formula is C18H19N. The van der Waals surface area contributed by atoms with E-state index in [0.717, 1.165) is 16.9 Å². The summed E-state index contributed by atoms with van der Waals surface area (Å²) in [5.74, 6) is 0. The summed E-state index contributed by atoms with van der Waals surface area (Å²) in [5, 5.41) is 3.45. The molecule has 0 heterocycles. The average molecular weight is 249 g/mol. The molecule has 0 spiro atoms. The molecule has 0 amide bonds. The predicted octanol–water partition coefficient (Wildman–Crippen LogP) is 4.94. The predicted molar refractivity (Wildman–Crippen MR) is 84.2 cm³/mol. The molecule has 19 heavy (non-hydrogen) atoms. The molecule has 0 aliphatic carbocycles. The van der Waals surface area contributed by atoms with E-state index in [1.165, 1.54) is 11.1 Å². The Morgan fingerprint density at radius 1 is 1.00 bits per heavy atom. The van der Waals surface area contributed by atoms with Crippen molar-refractivity contribution < 1.29 is 0 Å². The van der Waals surface area contributed by atoms with Crippen LogP contribution in [0.4, 0.5) is 5.69 Å². The maximum atomic E-state index is 3.78. The van der Waals surface area contributed by atoms with Crippen LogP contribution in [-0.2, 0) is 0 Å². The van der Waals surface area contributed by atoms with E-state index >= 15 is 0 Å². The van der Waals surface area contributed by atoms with Gasteiger partial charge in [-0.05, 0) is 48.7 Å². The van der Waals surface area contributed by atoms with Gasteiger partial charge in [0, 0.05) is 11.4 Å². The van der Waals surface area contributed by atoms with Crippen LogP contribution in [-0.4, -0.2) is 0 Å². The Hall–Kier alpha value is -2.28. The van der Waals surface area contributed by atoms with E-state index in [-0.39, 0.29) is 0 Å². The molecule has 2 aromatic rings. The van der Waals surface area contributed by atoms with Gasteiger partial charge >= 0.3 is 0 Å². The van der Waals surface area contributed by atoms with Crippen molar-refractivity contribution in [2.75, 3.05) is 5.32 Å². The molecule has 96 valence electrons. The minimum atomic E-state index is 1.05. The van der Waals surface area contributed by atoms with E-state index in [9.17, 15) is 0 Å². The first-order valence-electron chi connectivity index (χ1n) is 6.43. The molecule has 0 aliphatic rings. The van der Waals surface area contributed by atoms with Crippen LogP contribution in [0.25, 0.3) is 5.70 Å². The first-order valence-corrected chi connectivity index (χ1v) is 6.43. The second kappa shape index (κ2) is 6.05. The normalized spacial score (nSPS) is 11.2. The van der Waals surface area contributed by atoms with Gasteiger partial charge in [-0.3, -0.25) is 0 Å². The van der Waals surface area contributed by atoms with Gasteiger partial charge in [-0.15, -0.1) is 0 Å². The SMILES string of the molecule is C=C/C=C(\Nc1ccc(C)c(C)c1)c1ccccc1. The van der Waals surface area contributed by atoms with E-state index in [2.05, 4.69) is 56.1 Å². The average Bonchev–Trinajstić information content (AvgIpc) is 2.43. The zero-order valence-electron chi connectivity index (χ0n) is 11.5. The van der Waals surface area contributed by atoms with E-state index < -0.39 is 0 Å². The van der Waals surface area contributed by atoms with Crippen LogP contribution in [0.3, 0.4) is 0 Å². The molecule has 0 fully saturated rings. The first-order chi connectivity index (χ1) is 9.20. The Kier molecular flexibility index (Phi) is 4.19. The molecule has 0 aromatic heterocycles. The lowest BCUT2D eigenvalue weighted by Crippen LogP contribution is -1.99. The summed E-state index contributed by atoms with van der Waals surface area (Å²) < 4.78 is 0. The molecule has 0 radical (unpaired) electrons. The Labute approximate surface area is 115 Å². The highest BCUT2D eigenvalue weighted by Gasteiger charge is 2.02. The van der Waals surface area contributed by atoms with Gasteiger partial charge in [-0.25, -0.2) is 0 Å². The van der Waals surface area contributed by atoms with Crippen molar-refractivity contribution in [3.8, 4) is 0 Å². The monoisotopic (exact) mass is 249 g/mol. The van der Waals surface area contributed by atoms with Gasteiger partial charge in [0.05, 0.1) is 0 Å². The number of aryl methyl sites for hydroxylation is 2. The number of nitrogens with one attached hydrogen (secondary N) is 1. The summed E-state index contributed by atoms with van der Waals surface area (Å²) in [7, 11) is 0. The highest BCUT2D eigenvalue weighted by Crippen LogP contribution is 2.20. The van der Waals surface area contributed by atoms with Gasteiger partial charge < -0.3 is 5.32 Å². The minimum absolute atomic E-state index is 1.05. The van der Waals surface area contributed by atoms with Crippen molar-refractivity contribution in [3.05, 3.63) is 84.0 Å². The van der Waals surface area contributed by atoms with Crippen LogP contribution in [0.15, 0.2) is 67.3 Å². The van der Waals surface area contributed by atoms with Crippen molar-refractivity contribution >= 4 is 11.4 Å². The molecule has 1 heteroatoms. The molecule has 2 aromatic carbocycles. The number of rotatable bonds is 4. The fraction of sp³-hybridized carbons (Fsp3) is 0.111. The zero-order valence-corrected chi connectivity index (χ0v) is 11.5. The smallest absolute Gasteiger partial charge is 0.0457 e. The van der Waals surface area contributed by atoms with Gasteiger partial charge in [0.1, 0.15) is 0 Å².